The minimum atomic E-state index is -3.58. The number of nitrogens with zero attached hydrogens (tertiary/aromatic N) is 1. The zero-order chi connectivity index (χ0) is 15.3. The quantitative estimate of drug-likeness (QED) is 0.506. The third kappa shape index (κ3) is 4.06. The van der Waals surface area contributed by atoms with Crippen LogP contribution in [0.4, 0.5) is 5.69 Å². The van der Waals surface area contributed by atoms with Crippen molar-refractivity contribution in [2.24, 2.45) is 5.16 Å². The fourth-order valence-corrected chi connectivity index (χ4v) is 2.85. The maximum absolute atomic E-state index is 12.2. The fraction of sp³-hybridized carbons (Fsp3) is 0.133. The van der Waals surface area contributed by atoms with Gasteiger partial charge in [-0.25, -0.2) is 8.42 Å². The molecular formula is C15H16N2O3S. The smallest absolute Gasteiger partial charge is 0.261 e. The van der Waals surface area contributed by atoms with Crippen LogP contribution in [0, 0.1) is 6.92 Å². The van der Waals surface area contributed by atoms with Gasteiger partial charge >= 0.3 is 0 Å². The van der Waals surface area contributed by atoms with Crippen molar-refractivity contribution < 1.29 is 13.6 Å². The van der Waals surface area contributed by atoms with Gasteiger partial charge < -0.3 is 5.21 Å². The second-order valence-electron chi connectivity index (χ2n) is 4.62. The SMILES string of the molecule is Cc1ccc(S(=O)(=O)Nc2ccc(C/C=N\O)cc2)cc1. The molecule has 0 saturated carbocycles. The van der Waals surface area contributed by atoms with Gasteiger partial charge in [0.2, 0.25) is 0 Å². The fourth-order valence-electron chi connectivity index (χ4n) is 1.79. The third-order valence-electron chi connectivity index (χ3n) is 2.95. The molecule has 21 heavy (non-hydrogen) atoms. The molecule has 0 radical (unpaired) electrons. The average Bonchev–Trinajstić information content (AvgIpc) is 2.47. The van der Waals surface area contributed by atoms with E-state index in [0.29, 0.717) is 12.1 Å². The molecule has 0 saturated heterocycles. The van der Waals surface area contributed by atoms with Crippen LogP contribution in [0.3, 0.4) is 0 Å². The number of aryl methyl sites for hydroxylation is 1. The number of oxime groups is 1. The lowest BCUT2D eigenvalue weighted by atomic mass is 10.1. The molecule has 0 aromatic heterocycles. The largest absolute Gasteiger partial charge is 0.411 e. The van der Waals surface area contributed by atoms with Crippen molar-refractivity contribution in [3.8, 4) is 0 Å². The van der Waals surface area contributed by atoms with Crippen LogP contribution >= 0.6 is 0 Å². The highest BCUT2D eigenvalue weighted by Crippen LogP contribution is 2.17. The first-order valence-corrected chi connectivity index (χ1v) is 7.84. The van der Waals surface area contributed by atoms with Crippen molar-refractivity contribution in [3.63, 3.8) is 0 Å². The minimum absolute atomic E-state index is 0.226. The van der Waals surface area contributed by atoms with E-state index in [-0.39, 0.29) is 4.90 Å². The van der Waals surface area contributed by atoms with Gasteiger partial charge in [0.15, 0.2) is 0 Å². The standard InChI is InChI=1S/C15H16N2O3S/c1-12-2-8-15(9-3-12)21(19,20)17-14-6-4-13(5-7-14)10-11-16-18/h2-9,11,17-18H,10H2,1H3/b16-11-. The summed E-state index contributed by atoms with van der Waals surface area (Å²) in [6.45, 7) is 1.90. The van der Waals surface area contributed by atoms with Gasteiger partial charge in [0, 0.05) is 18.3 Å². The molecule has 0 aliphatic heterocycles. The van der Waals surface area contributed by atoms with Crippen LogP contribution in [0.15, 0.2) is 58.6 Å². The Hall–Kier alpha value is -2.34. The Labute approximate surface area is 124 Å². The van der Waals surface area contributed by atoms with Gasteiger partial charge in [-0.2, -0.15) is 0 Å². The number of sulfonamides is 1. The van der Waals surface area contributed by atoms with Crippen LogP contribution in [0.5, 0.6) is 0 Å². The Morgan fingerprint density at radius 2 is 1.71 bits per heavy atom. The molecule has 0 aliphatic carbocycles. The number of rotatable bonds is 5. The molecule has 0 fully saturated rings. The van der Waals surface area contributed by atoms with Crippen LogP contribution in [-0.2, 0) is 16.4 Å². The Balaban J connectivity index is 2.15. The van der Waals surface area contributed by atoms with Crippen molar-refractivity contribution >= 4 is 21.9 Å². The first-order valence-electron chi connectivity index (χ1n) is 6.35. The molecule has 0 unspecified atom stereocenters. The van der Waals surface area contributed by atoms with Crippen molar-refractivity contribution in [2.75, 3.05) is 4.72 Å². The van der Waals surface area contributed by atoms with Gasteiger partial charge in [0.05, 0.1) is 4.90 Å². The van der Waals surface area contributed by atoms with Gasteiger partial charge in [-0.1, -0.05) is 29.8 Å². The predicted molar refractivity (Wildman–Crippen MR) is 82.4 cm³/mol. The summed E-state index contributed by atoms with van der Waals surface area (Å²) in [4.78, 5) is 0.226. The Morgan fingerprint density at radius 3 is 2.29 bits per heavy atom. The van der Waals surface area contributed by atoms with Crippen molar-refractivity contribution in [2.45, 2.75) is 18.2 Å². The molecule has 2 rings (SSSR count). The predicted octanol–water partition coefficient (Wildman–Crippen LogP) is 2.80. The van der Waals surface area contributed by atoms with E-state index in [9.17, 15) is 8.42 Å². The molecule has 0 aliphatic rings. The van der Waals surface area contributed by atoms with Crippen molar-refractivity contribution in [1.82, 2.24) is 0 Å². The highest BCUT2D eigenvalue weighted by atomic mass is 32.2. The minimum Gasteiger partial charge on any atom is -0.411 e. The molecule has 6 heteroatoms. The van der Waals surface area contributed by atoms with Crippen molar-refractivity contribution in [3.05, 3.63) is 59.7 Å². The lowest BCUT2D eigenvalue weighted by molar-refractivity contribution is 0.321. The summed E-state index contributed by atoms with van der Waals surface area (Å²) < 4.78 is 26.9. The van der Waals surface area contributed by atoms with Gasteiger partial charge in [0.1, 0.15) is 0 Å². The lowest BCUT2D eigenvalue weighted by Gasteiger charge is -2.08. The molecule has 2 aromatic carbocycles. The summed E-state index contributed by atoms with van der Waals surface area (Å²) in [5, 5.41) is 11.3. The molecule has 5 nitrogen and oxygen atoms in total. The van der Waals surface area contributed by atoms with Crippen LogP contribution in [0.25, 0.3) is 0 Å². The Morgan fingerprint density at radius 1 is 1.10 bits per heavy atom. The zero-order valence-electron chi connectivity index (χ0n) is 11.5. The molecule has 0 spiro atoms. The topological polar surface area (TPSA) is 78.8 Å². The van der Waals surface area contributed by atoms with E-state index < -0.39 is 10.0 Å². The van der Waals surface area contributed by atoms with Gasteiger partial charge in [-0.15, -0.1) is 5.16 Å². The van der Waals surface area contributed by atoms with E-state index in [1.807, 2.05) is 6.92 Å². The van der Waals surface area contributed by atoms with E-state index in [4.69, 9.17) is 5.21 Å². The molecule has 0 bridgehead atoms. The van der Waals surface area contributed by atoms with Crippen LogP contribution in [0.2, 0.25) is 0 Å². The molecule has 0 heterocycles. The van der Waals surface area contributed by atoms with E-state index in [1.54, 1.807) is 48.5 Å². The summed E-state index contributed by atoms with van der Waals surface area (Å²) in [7, 11) is -3.58. The monoisotopic (exact) mass is 304 g/mol. The number of anilines is 1. The summed E-state index contributed by atoms with van der Waals surface area (Å²) in [5.74, 6) is 0. The average molecular weight is 304 g/mol. The maximum Gasteiger partial charge on any atom is 0.261 e. The highest BCUT2D eigenvalue weighted by molar-refractivity contribution is 7.92. The van der Waals surface area contributed by atoms with Crippen LogP contribution < -0.4 is 4.72 Å². The number of benzene rings is 2. The first-order chi connectivity index (χ1) is 10.0. The molecule has 2 aromatic rings. The molecule has 0 atom stereocenters. The van der Waals surface area contributed by atoms with E-state index in [0.717, 1.165) is 11.1 Å². The lowest BCUT2D eigenvalue weighted by Crippen LogP contribution is -2.12. The normalized spacial score (nSPS) is 11.7. The highest BCUT2D eigenvalue weighted by Gasteiger charge is 2.13. The van der Waals surface area contributed by atoms with E-state index in [1.165, 1.54) is 6.21 Å². The molecule has 110 valence electrons. The maximum atomic E-state index is 12.2. The Bertz CT molecular complexity index is 721. The van der Waals surface area contributed by atoms with Crippen LogP contribution in [0.1, 0.15) is 11.1 Å². The van der Waals surface area contributed by atoms with Crippen LogP contribution in [-0.4, -0.2) is 19.8 Å². The first kappa shape index (κ1) is 15.1. The van der Waals surface area contributed by atoms with Gasteiger partial charge in [-0.05, 0) is 36.8 Å². The molecule has 2 N–H and O–H groups in total. The van der Waals surface area contributed by atoms with Crippen molar-refractivity contribution in [1.29, 1.82) is 0 Å². The van der Waals surface area contributed by atoms with Gasteiger partial charge in [-0.3, -0.25) is 4.72 Å². The zero-order valence-corrected chi connectivity index (χ0v) is 12.3. The third-order valence-corrected chi connectivity index (χ3v) is 4.34. The number of hydrogen-bond acceptors (Lipinski definition) is 4. The summed E-state index contributed by atoms with van der Waals surface area (Å²) in [5.41, 5.74) is 2.41. The Kier molecular flexibility index (Phi) is 4.59. The summed E-state index contributed by atoms with van der Waals surface area (Å²) in [6, 6.07) is 13.5. The van der Waals surface area contributed by atoms with E-state index in [2.05, 4.69) is 9.88 Å². The number of hydrogen-bond donors (Lipinski definition) is 2. The summed E-state index contributed by atoms with van der Waals surface area (Å²) >= 11 is 0. The second kappa shape index (κ2) is 6.41. The number of nitrogens with one attached hydrogen (secondary N) is 1. The second-order valence-corrected chi connectivity index (χ2v) is 6.30. The molecular weight excluding hydrogens is 288 g/mol. The van der Waals surface area contributed by atoms with Gasteiger partial charge in [0.25, 0.3) is 10.0 Å². The summed E-state index contributed by atoms with van der Waals surface area (Å²) in [6.07, 6.45) is 1.85. The molecule has 0 amide bonds. The van der Waals surface area contributed by atoms with E-state index >= 15 is 0 Å².